The van der Waals surface area contributed by atoms with Crippen molar-refractivity contribution in [2.75, 3.05) is 5.32 Å². The molecule has 0 atom stereocenters. The van der Waals surface area contributed by atoms with Crippen molar-refractivity contribution < 1.29 is 36.6 Å². The van der Waals surface area contributed by atoms with Crippen molar-refractivity contribution in [2.45, 2.75) is 20.1 Å². The van der Waals surface area contributed by atoms with Gasteiger partial charge in [-0.25, -0.2) is 4.98 Å². The van der Waals surface area contributed by atoms with E-state index in [0.29, 0.717) is 0 Å². The second-order valence-electron chi connectivity index (χ2n) is 4.87. The number of hydrogen-bond acceptors (Lipinski definition) is 6. The molecule has 0 aliphatic rings. The third-order valence-corrected chi connectivity index (χ3v) is 3.69. The third-order valence-electron chi connectivity index (χ3n) is 2.94. The molecule has 27 heavy (non-hydrogen) atoms. The Kier molecular flexibility index (Phi) is 6.88. The quantitative estimate of drug-likeness (QED) is 0.405. The normalized spacial score (nSPS) is 11.2. The molecule has 0 aliphatic heterocycles. The second kappa shape index (κ2) is 9.12. The van der Waals surface area contributed by atoms with Crippen LogP contribution in [0.4, 0.5) is 22.7 Å². The third kappa shape index (κ3) is 6.37. The Morgan fingerprint density at radius 3 is 2.48 bits per heavy atom. The maximum absolute atomic E-state index is 12.5. The van der Waals surface area contributed by atoms with Gasteiger partial charge in [0.1, 0.15) is 17.2 Å². The van der Waals surface area contributed by atoms with Gasteiger partial charge in [-0.3, -0.25) is 14.9 Å². The molecule has 1 amide bonds. The number of rotatable bonds is 8. The fourth-order valence-corrected chi connectivity index (χ4v) is 2.58. The largest absolute Gasteiger partial charge is 0.435 e. The number of thiazole rings is 1. The Hall–Kier alpha value is -2.95. The van der Waals surface area contributed by atoms with Crippen molar-refractivity contribution in [3.05, 3.63) is 40.9 Å². The van der Waals surface area contributed by atoms with Crippen molar-refractivity contribution in [1.82, 2.24) is 4.98 Å². The van der Waals surface area contributed by atoms with Crippen molar-refractivity contribution in [2.24, 2.45) is 0 Å². The Balaban J connectivity index is 2.13. The molecule has 1 aromatic carbocycles. The van der Waals surface area contributed by atoms with Crippen LogP contribution in [-0.2, 0) is 4.79 Å². The summed E-state index contributed by atoms with van der Waals surface area (Å²) in [4.78, 5) is 26.9. The second-order valence-corrected chi connectivity index (χ2v) is 5.73. The van der Waals surface area contributed by atoms with Crippen molar-refractivity contribution in [3.8, 4) is 11.5 Å². The molecular formula is C16H12F4N2O4S. The van der Waals surface area contributed by atoms with Gasteiger partial charge in [-0.1, -0.05) is 0 Å². The van der Waals surface area contributed by atoms with Gasteiger partial charge in [0.2, 0.25) is 5.91 Å². The summed E-state index contributed by atoms with van der Waals surface area (Å²) in [5.41, 5.74) is 0.233. The van der Waals surface area contributed by atoms with Gasteiger partial charge in [0.05, 0.1) is 0 Å². The van der Waals surface area contributed by atoms with Gasteiger partial charge >= 0.3 is 13.2 Å². The predicted molar refractivity (Wildman–Crippen MR) is 89.5 cm³/mol. The zero-order chi connectivity index (χ0) is 20.0. The first-order valence-electron chi connectivity index (χ1n) is 7.24. The van der Waals surface area contributed by atoms with Crippen LogP contribution in [0, 0.1) is 0 Å². The monoisotopic (exact) mass is 404 g/mol. The number of hydrogen-bond donors (Lipinski definition) is 1. The molecule has 1 heterocycles. The highest BCUT2D eigenvalue weighted by atomic mass is 32.1. The number of nitrogens with one attached hydrogen (secondary N) is 1. The van der Waals surface area contributed by atoms with Crippen LogP contribution in [0.1, 0.15) is 23.0 Å². The average Bonchev–Trinajstić information content (AvgIpc) is 3.01. The number of carbonyl (C=O) groups excluding carboxylic acids is 2. The van der Waals surface area contributed by atoms with Gasteiger partial charge in [0, 0.05) is 30.0 Å². The summed E-state index contributed by atoms with van der Waals surface area (Å²) in [6.07, 6.45) is 2.16. The highest BCUT2D eigenvalue weighted by Gasteiger charge is 2.13. The van der Waals surface area contributed by atoms with Gasteiger partial charge in [-0.15, -0.1) is 11.3 Å². The van der Waals surface area contributed by atoms with Crippen molar-refractivity contribution in [3.63, 3.8) is 0 Å². The summed E-state index contributed by atoms with van der Waals surface area (Å²) in [6.45, 7) is -5.00. The van der Waals surface area contributed by atoms with Crippen LogP contribution in [0.2, 0.25) is 0 Å². The number of Topliss-reactive ketones (excluding diaryl/α,β-unsaturated/α-hetero) is 1. The van der Waals surface area contributed by atoms with E-state index >= 15 is 0 Å². The molecule has 0 spiro atoms. The number of ketones is 1. The number of amides is 1. The number of benzene rings is 1. The van der Waals surface area contributed by atoms with Crippen LogP contribution in [0.3, 0.4) is 0 Å². The van der Waals surface area contributed by atoms with Gasteiger partial charge in [0.25, 0.3) is 0 Å². The lowest BCUT2D eigenvalue weighted by molar-refractivity contribution is -0.111. The summed E-state index contributed by atoms with van der Waals surface area (Å²) in [7, 11) is 0. The fourth-order valence-electron chi connectivity index (χ4n) is 1.83. The lowest BCUT2D eigenvalue weighted by atomic mass is 10.1. The lowest BCUT2D eigenvalue weighted by Crippen LogP contribution is -2.08. The summed E-state index contributed by atoms with van der Waals surface area (Å²) in [5.74, 6) is -1.72. The number of carbonyl (C=O) groups is 2. The number of ether oxygens (including phenoxy) is 2. The molecule has 1 N–H and O–H groups in total. The summed E-state index contributed by atoms with van der Waals surface area (Å²) in [6, 6.07) is 3.15. The average molecular weight is 404 g/mol. The van der Waals surface area contributed by atoms with E-state index in [1.54, 1.807) is 0 Å². The van der Waals surface area contributed by atoms with E-state index in [4.69, 9.17) is 0 Å². The van der Waals surface area contributed by atoms with Crippen molar-refractivity contribution >= 4 is 34.2 Å². The highest BCUT2D eigenvalue weighted by molar-refractivity contribution is 7.14. The molecule has 0 fully saturated rings. The first-order valence-corrected chi connectivity index (χ1v) is 8.11. The summed E-state index contributed by atoms with van der Waals surface area (Å²) >= 11 is 1.04. The van der Waals surface area contributed by atoms with E-state index < -0.39 is 24.9 Å². The van der Waals surface area contributed by atoms with E-state index in [1.807, 2.05) is 0 Å². The Morgan fingerprint density at radius 2 is 1.89 bits per heavy atom. The van der Waals surface area contributed by atoms with E-state index in [1.165, 1.54) is 18.4 Å². The molecule has 0 saturated heterocycles. The molecule has 0 saturated carbocycles. The zero-order valence-electron chi connectivity index (χ0n) is 13.6. The van der Waals surface area contributed by atoms with Gasteiger partial charge in [-0.2, -0.15) is 17.6 Å². The minimum atomic E-state index is -3.20. The zero-order valence-corrected chi connectivity index (χ0v) is 14.4. The van der Waals surface area contributed by atoms with Crippen LogP contribution in [0.5, 0.6) is 11.5 Å². The molecule has 6 nitrogen and oxygen atoms in total. The fraction of sp³-hybridized carbons (Fsp3) is 0.188. The Labute approximate surface area is 154 Å². The molecule has 0 radical (unpaired) electrons. The van der Waals surface area contributed by atoms with Crippen molar-refractivity contribution in [1.29, 1.82) is 0 Å². The molecule has 2 rings (SSSR count). The topological polar surface area (TPSA) is 77.5 Å². The smallest absolute Gasteiger partial charge is 0.387 e. The van der Waals surface area contributed by atoms with Gasteiger partial charge in [0.15, 0.2) is 10.9 Å². The van der Waals surface area contributed by atoms with Crippen LogP contribution < -0.4 is 14.8 Å². The number of alkyl halides is 4. The highest BCUT2D eigenvalue weighted by Crippen LogP contribution is 2.28. The van der Waals surface area contributed by atoms with Crippen LogP contribution in [0.25, 0.3) is 6.08 Å². The van der Waals surface area contributed by atoms with E-state index in [2.05, 4.69) is 19.8 Å². The molecule has 0 unspecified atom stereocenters. The Bertz CT molecular complexity index is 855. The first kappa shape index (κ1) is 20.4. The van der Waals surface area contributed by atoms with E-state index in [9.17, 15) is 27.2 Å². The van der Waals surface area contributed by atoms with E-state index in [-0.39, 0.29) is 27.9 Å². The van der Waals surface area contributed by atoms with Crippen LogP contribution in [0.15, 0.2) is 29.7 Å². The molecule has 0 bridgehead atoms. The number of anilines is 1. The Morgan fingerprint density at radius 1 is 1.19 bits per heavy atom. The molecule has 2 aromatic rings. The van der Waals surface area contributed by atoms with Crippen LogP contribution in [-0.4, -0.2) is 29.9 Å². The lowest BCUT2D eigenvalue weighted by Gasteiger charge is -2.11. The molecular weight excluding hydrogens is 392 g/mol. The molecule has 144 valence electrons. The minimum absolute atomic E-state index is 0.0376. The number of nitrogens with zero attached hydrogens (tertiary/aromatic N) is 1. The number of halogens is 4. The molecule has 11 heteroatoms. The van der Waals surface area contributed by atoms with Gasteiger partial charge < -0.3 is 9.47 Å². The summed E-state index contributed by atoms with van der Waals surface area (Å²) < 4.78 is 57.8. The van der Waals surface area contributed by atoms with E-state index in [0.717, 1.165) is 35.6 Å². The molecule has 1 aromatic heterocycles. The maximum atomic E-state index is 12.5. The van der Waals surface area contributed by atoms with Gasteiger partial charge in [-0.05, 0) is 18.2 Å². The number of aromatic nitrogens is 1. The standard InChI is InChI=1S/C16H12F4N2O4S/c1-8(23)11-7-27-16(21-11)22-13(24)5-3-9-2-4-10(25-14(17)18)6-12(9)26-15(19)20/h2-7,14-15H,1H3,(H,21,22,24)/b5-3+. The predicted octanol–water partition coefficient (Wildman–Crippen LogP) is 4.20. The minimum Gasteiger partial charge on any atom is -0.435 e. The SMILES string of the molecule is CC(=O)c1csc(NC(=O)/C=C/c2ccc(OC(F)F)cc2OC(F)F)n1. The summed E-state index contributed by atoms with van der Waals surface area (Å²) in [5, 5.41) is 4.05. The molecule has 0 aliphatic carbocycles. The van der Waals surface area contributed by atoms with Crippen LogP contribution >= 0.6 is 11.3 Å². The maximum Gasteiger partial charge on any atom is 0.387 e. The first-order chi connectivity index (χ1) is 12.7.